The third kappa shape index (κ3) is 1.91. The van der Waals surface area contributed by atoms with Crippen molar-refractivity contribution in [1.82, 2.24) is 0 Å². The molecule has 0 unspecified atom stereocenters. The first kappa shape index (κ1) is 10.7. The Bertz CT molecular complexity index is 520. The van der Waals surface area contributed by atoms with E-state index in [0.717, 1.165) is 17.7 Å². The number of thiocarbonyl (C=S) groups is 1. The largest absolute Gasteiger partial charge is 0.0788 e. The molecule has 0 bridgehead atoms. The van der Waals surface area contributed by atoms with Crippen molar-refractivity contribution in [2.45, 2.75) is 19.3 Å². The van der Waals surface area contributed by atoms with Gasteiger partial charge >= 0.3 is 0 Å². The molecule has 2 aromatic carbocycles. The lowest BCUT2D eigenvalue weighted by Crippen LogP contribution is -2.10. The number of rotatable bonds is 0. The van der Waals surface area contributed by atoms with Crippen LogP contribution in [0.25, 0.3) is 0 Å². The summed E-state index contributed by atoms with van der Waals surface area (Å²) in [5, 5.41) is 0. The van der Waals surface area contributed by atoms with E-state index in [9.17, 15) is 0 Å². The minimum atomic E-state index is 1.01. The second kappa shape index (κ2) is 4.42. The third-order valence-electron chi connectivity index (χ3n) is 3.42. The normalized spacial score (nSPS) is 14.5. The van der Waals surface area contributed by atoms with E-state index < -0.39 is 0 Å². The molecule has 0 nitrogen and oxygen atoms in total. The van der Waals surface area contributed by atoms with Crippen LogP contribution in [0.4, 0.5) is 0 Å². The van der Waals surface area contributed by atoms with Crippen molar-refractivity contribution in [1.29, 1.82) is 0 Å². The van der Waals surface area contributed by atoms with E-state index in [0.29, 0.717) is 0 Å². The van der Waals surface area contributed by atoms with Crippen molar-refractivity contribution >= 4 is 17.1 Å². The lowest BCUT2D eigenvalue weighted by molar-refractivity contribution is 0.814. The summed E-state index contributed by atoms with van der Waals surface area (Å²) in [4.78, 5) is 1.01. The summed E-state index contributed by atoms with van der Waals surface area (Å²) in [7, 11) is 0. The van der Waals surface area contributed by atoms with Gasteiger partial charge in [-0.1, -0.05) is 60.7 Å². The van der Waals surface area contributed by atoms with Crippen LogP contribution in [0.5, 0.6) is 0 Å². The summed E-state index contributed by atoms with van der Waals surface area (Å²) in [5.41, 5.74) is 5.28. The van der Waals surface area contributed by atoms with Crippen LogP contribution < -0.4 is 0 Å². The Labute approximate surface area is 107 Å². The Hall–Kier alpha value is -1.47. The standard InChI is InChI=1S/C16H14S/c17-16-14-10-3-1-6-12(14)8-5-9-13-7-2-4-11-15(13)16/h1-4,6-7,10-11H,5,8-9H2. The number of hydrogen-bond donors (Lipinski definition) is 0. The van der Waals surface area contributed by atoms with Crippen molar-refractivity contribution in [3.05, 3.63) is 70.8 Å². The monoisotopic (exact) mass is 238 g/mol. The first-order valence-electron chi connectivity index (χ1n) is 6.07. The second-order valence-electron chi connectivity index (χ2n) is 4.50. The van der Waals surface area contributed by atoms with E-state index in [1.807, 2.05) is 0 Å². The summed E-state index contributed by atoms with van der Waals surface area (Å²) < 4.78 is 0. The Morgan fingerprint density at radius 2 is 1.18 bits per heavy atom. The molecule has 0 N–H and O–H groups in total. The lowest BCUT2D eigenvalue weighted by Gasteiger charge is -2.17. The van der Waals surface area contributed by atoms with Crippen LogP contribution in [-0.4, -0.2) is 4.86 Å². The number of benzene rings is 2. The summed E-state index contributed by atoms with van der Waals surface area (Å²) in [6.07, 6.45) is 3.46. The van der Waals surface area contributed by atoms with E-state index >= 15 is 0 Å². The fourth-order valence-corrected chi connectivity index (χ4v) is 2.93. The van der Waals surface area contributed by atoms with E-state index in [2.05, 4.69) is 48.5 Å². The van der Waals surface area contributed by atoms with Crippen LogP contribution in [0.1, 0.15) is 28.7 Å². The van der Waals surface area contributed by atoms with E-state index in [4.69, 9.17) is 12.2 Å². The average molecular weight is 238 g/mol. The molecular formula is C16H14S. The van der Waals surface area contributed by atoms with Crippen molar-refractivity contribution in [2.75, 3.05) is 0 Å². The molecule has 0 heterocycles. The Kier molecular flexibility index (Phi) is 2.77. The zero-order valence-electron chi connectivity index (χ0n) is 9.65. The van der Waals surface area contributed by atoms with E-state index in [1.54, 1.807) is 0 Å². The van der Waals surface area contributed by atoms with Gasteiger partial charge in [0.25, 0.3) is 0 Å². The summed E-state index contributed by atoms with van der Waals surface area (Å²) in [6, 6.07) is 17.1. The van der Waals surface area contributed by atoms with Crippen LogP contribution in [0.15, 0.2) is 48.5 Å². The van der Waals surface area contributed by atoms with Crippen molar-refractivity contribution in [3.8, 4) is 0 Å². The molecule has 0 saturated heterocycles. The zero-order valence-corrected chi connectivity index (χ0v) is 10.5. The molecule has 0 amide bonds. The molecule has 17 heavy (non-hydrogen) atoms. The van der Waals surface area contributed by atoms with Gasteiger partial charge in [-0.15, -0.1) is 0 Å². The first-order valence-corrected chi connectivity index (χ1v) is 6.47. The third-order valence-corrected chi connectivity index (χ3v) is 3.86. The highest BCUT2D eigenvalue weighted by molar-refractivity contribution is 7.81. The van der Waals surface area contributed by atoms with Crippen LogP contribution >= 0.6 is 12.2 Å². The Morgan fingerprint density at radius 3 is 1.71 bits per heavy atom. The molecule has 1 heteroatoms. The van der Waals surface area contributed by atoms with Crippen molar-refractivity contribution in [3.63, 3.8) is 0 Å². The summed E-state index contributed by atoms with van der Waals surface area (Å²) >= 11 is 5.66. The van der Waals surface area contributed by atoms with Gasteiger partial charge in [0.05, 0.1) is 4.86 Å². The maximum absolute atomic E-state index is 5.66. The average Bonchev–Trinajstić information content (AvgIpc) is 2.37. The molecule has 2 aromatic rings. The molecule has 3 rings (SSSR count). The molecule has 0 atom stereocenters. The SMILES string of the molecule is S=C1c2ccccc2CCCc2ccccc21. The predicted octanol–water partition coefficient (Wildman–Crippen LogP) is 3.94. The van der Waals surface area contributed by atoms with Gasteiger partial charge in [0.2, 0.25) is 0 Å². The molecule has 0 aromatic heterocycles. The van der Waals surface area contributed by atoms with Crippen LogP contribution in [0.2, 0.25) is 0 Å². The predicted molar refractivity (Wildman–Crippen MR) is 75.7 cm³/mol. The highest BCUT2D eigenvalue weighted by atomic mass is 32.1. The molecule has 0 aliphatic heterocycles. The van der Waals surface area contributed by atoms with Crippen LogP contribution in [0, 0.1) is 0 Å². The van der Waals surface area contributed by atoms with E-state index in [1.165, 1.54) is 28.7 Å². The molecular weight excluding hydrogens is 224 g/mol. The van der Waals surface area contributed by atoms with Gasteiger partial charge in [0.1, 0.15) is 0 Å². The zero-order chi connectivity index (χ0) is 11.7. The van der Waals surface area contributed by atoms with Gasteiger partial charge in [-0.3, -0.25) is 0 Å². The summed E-state index contributed by atoms with van der Waals surface area (Å²) in [6.45, 7) is 0. The molecule has 0 fully saturated rings. The molecule has 84 valence electrons. The number of aryl methyl sites for hydroxylation is 2. The number of hydrogen-bond acceptors (Lipinski definition) is 1. The maximum Gasteiger partial charge on any atom is 0.0527 e. The van der Waals surface area contributed by atoms with Crippen LogP contribution in [-0.2, 0) is 12.8 Å². The minimum absolute atomic E-state index is 1.01. The molecule has 1 aliphatic rings. The lowest BCUT2D eigenvalue weighted by atomic mass is 9.89. The van der Waals surface area contributed by atoms with Gasteiger partial charge in [-0.25, -0.2) is 0 Å². The molecule has 1 aliphatic carbocycles. The van der Waals surface area contributed by atoms with Gasteiger partial charge < -0.3 is 0 Å². The highest BCUT2D eigenvalue weighted by Gasteiger charge is 2.15. The minimum Gasteiger partial charge on any atom is -0.0788 e. The molecule has 0 radical (unpaired) electrons. The second-order valence-corrected chi connectivity index (χ2v) is 4.91. The fourth-order valence-electron chi connectivity index (χ4n) is 2.53. The fraction of sp³-hybridized carbons (Fsp3) is 0.188. The first-order chi connectivity index (χ1) is 8.36. The van der Waals surface area contributed by atoms with Crippen molar-refractivity contribution in [2.24, 2.45) is 0 Å². The topological polar surface area (TPSA) is 0 Å². The Balaban J connectivity index is 2.18. The Morgan fingerprint density at radius 1 is 0.706 bits per heavy atom. The van der Waals surface area contributed by atoms with Crippen molar-refractivity contribution < 1.29 is 0 Å². The highest BCUT2D eigenvalue weighted by Crippen LogP contribution is 2.24. The maximum atomic E-state index is 5.66. The molecule has 0 saturated carbocycles. The molecule has 0 spiro atoms. The quantitative estimate of drug-likeness (QED) is 0.626. The van der Waals surface area contributed by atoms with Gasteiger partial charge in [-0.05, 0) is 41.5 Å². The van der Waals surface area contributed by atoms with Crippen LogP contribution in [0.3, 0.4) is 0 Å². The van der Waals surface area contributed by atoms with E-state index in [-0.39, 0.29) is 0 Å². The van der Waals surface area contributed by atoms with Gasteiger partial charge in [0, 0.05) is 0 Å². The number of fused-ring (bicyclic) bond motifs is 2. The van der Waals surface area contributed by atoms with Gasteiger partial charge in [0.15, 0.2) is 0 Å². The summed E-state index contributed by atoms with van der Waals surface area (Å²) in [5.74, 6) is 0. The van der Waals surface area contributed by atoms with Gasteiger partial charge in [-0.2, -0.15) is 0 Å². The smallest absolute Gasteiger partial charge is 0.0527 e.